The van der Waals surface area contributed by atoms with E-state index in [1.807, 2.05) is 13.1 Å². The van der Waals surface area contributed by atoms with E-state index in [-0.39, 0.29) is 28.1 Å². The van der Waals surface area contributed by atoms with Crippen LogP contribution in [0.15, 0.2) is 41.5 Å². The summed E-state index contributed by atoms with van der Waals surface area (Å²) in [7, 11) is 3.61. The highest BCUT2D eigenvalue weighted by molar-refractivity contribution is 5.73. The molecule has 0 spiro atoms. The third-order valence-electron chi connectivity index (χ3n) is 6.68. The van der Waals surface area contributed by atoms with Crippen molar-refractivity contribution in [1.82, 2.24) is 19.7 Å². The third-order valence-corrected chi connectivity index (χ3v) is 6.68. The molecule has 1 aliphatic rings. The van der Waals surface area contributed by atoms with E-state index in [0.29, 0.717) is 23.6 Å². The van der Waals surface area contributed by atoms with E-state index in [0.717, 1.165) is 18.7 Å². The Hall–Kier alpha value is -3.29. The van der Waals surface area contributed by atoms with Crippen LogP contribution >= 0.6 is 0 Å². The lowest BCUT2D eigenvalue weighted by Gasteiger charge is -2.30. The van der Waals surface area contributed by atoms with E-state index in [1.165, 1.54) is 41.9 Å². The molecule has 33 heavy (non-hydrogen) atoms. The molecular formula is C25H30FN5O2. The van der Waals surface area contributed by atoms with Gasteiger partial charge in [-0.25, -0.2) is 9.37 Å². The van der Waals surface area contributed by atoms with Crippen LogP contribution in [0, 0.1) is 17.7 Å². The first-order valence-electron chi connectivity index (χ1n) is 11.4. The number of aromatic nitrogens is 4. The van der Waals surface area contributed by atoms with Gasteiger partial charge in [-0.2, -0.15) is 0 Å². The summed E-state index contributed by atoms with van der Waals surface area (Å²) in [6.07, 6.45) is 6.06. The zero-order valence-corrected chi connectivity index (χ0v) is 19.5. The van der Waals surface area contributed by atoms with Gasteiger partial charge in [0.15, 0.2) is 5.82 Å². The fraction of sp³-hybridized carbons (Fsp3) is 0.440. The molecule has 8 heteroatoms. The topological polar surface area (TPSA) is 84.1 Å². The number of phenolic OH excluding ortho intramolecular Hbond substituents is 1. The summed E-state index contributed by atoms with van der Waals surface area (Å²) in [6.45, 7) is 4.61. The summed E-state index contributed by atoms with van der Waals surface area (Å²) in [5.74, 6) is 1.34. The van der Waals surface area contributed by atoms with Gasteiger partial charge in [-0.3, -0.25) is 4.79 Å². The van der Waals surface area contributed by atoms with E-state index in [2.05, 4.69) is 33.9 Å². The van der Waals surface area contributed by atoms with Crippen molar-refractivity contribution in [2.45, 2.75) is 45.6 Å². The maximum atomic E-state index is 14.9. The van der Waals surface area contributed by atoms with Crippen LogP contribution in [0.4, 0.5) is 10.2 Å². The first-order chi connectivity index (χ1) is 15.7. The van der Waals surface area contributed by atoms with Gasteiger partial charge in [0.2, 0.25) is 0 Å². The average Bonchev–Trinajstić information content (AvgIpc) is 2.97. The van der Waals surface area contributed by atoms with Crippen molar-refractivity contribution in [2.24, 2.45) is 18.9 Å². The molecule has 1 aromatic carbocycles. The Kier molecular flexibility index (Phi) is 6.44. The number of hydrogen-bond donors (Lipinski definition) is 1. The Morgan fingerprint density at radius 1 is 1.03 bits per heavy atom. The minimum atomic E-state index is -0.604. The van der Waals surface area contributed by atoms with Crippen molar-refractivity contribution in [2.75, 3.05) is 11.9 Å². The summed E-state index contributed by atoms with van der Waals surface area (Å²) in [5.41, 5.74) is 0.501. The molecule has 1 unspecified atom stereocenters. The first-order valence-corrected chi connectivity index (χ1v) is 11.4. The van der Waals surface area contributed by atoms with E-state index >= 15 is 0 Å². The van der Waals surface area contributed by atoms with Crippen LogP contribution in [-0.4, -0.2) is 37.9 Å². The zero-order chi connectivity index (χ0) is 23.7. The van der Waals surface area contributed by atoms with Crippen LogP contribution in [0.2, 0.25) is 0 Å². The van der Waals surface area contributed by atoms with Gasteiger partial charge in [0.05, 0.1) is 17.7 Å². The van der Waals surface area contributed by atoms with Gasteiger partial charge in [0.25, 0.3) is 5.56 Å². The van der Waals surface area contributed by atoms with Gasteiger partial charge in [-0.15, -0.1) is 10.2 Å². The van der Waals surface area contributed by atoms with Crippen LogP contribution in [0.25, 0.3) is 22.5 Å². The molecule has 2 heterocycles. The molecule has 0 saturated heterocycles. The lowest BCUT2D eigenvalue weighted by molar-refractivity contribution is 0.446. The Bertz CT molecular complexity index is 1180. The lowest BCUT2D eigenvalue weighted by Crippen LogP contribution is -2.34. The van der Waals surface area contributed by atoms with Gasteiger partial charge in [0, 0.05) is 37.3 Å². The highest BCUT2D eigenvalue weighted by atomic mass is 19.1. The Balaban J connectivity index is 1.59. The Morgan fingerprint density at radius 2 is 1.73 bits per heavy atom. The molecule has 0 bridgehead atoms. The van der Waals surface area contributed by atoms with Crippen molar-refractivity contribution in [3.63, 3.8) is 0 Å². The number of anilines is 1. The molecule has 1 saturated carbocycles. The Labute approximate surface area is 192 Å². The van der Waals surface area contributed by atoms with Crippen molar-refractivity contribution in [3.05, 3.63) is 52.8 Å². The number of halogens is 1. The summed E-state index contributed by atoms with van der Waals surface area (Å²) in [4.78, 5) is 18.1. The lowest BCUT2D eigenvalue weighted by atomic mass is 9.98. The molecule has 0 aliphatic heterocycles. The predicted molar refractivity (Wildman–Crippen MR) is 127 cm³/mol. The molecule has 1 N–H and O–H groups in total. The second-order valence-corrected chi connectivity index (χ2v) is 9.37. The molecule has 3 atom stereocenters. The van der Waals surface area contributed by atoms with Gasteiger partial charge in [-0.05, 0) is 48.9 Å². The number of nitrogens with zero attached hydrogens (tertiary/aromatic N) is 5. The fourth-order valence-electron chi connectivity index (χ4n) is 4.56. The van der Waals surface area contributed by atoms with Crippen molar-refractivity contribution >= 4 is 5.82 Å². The number of hydrogen-bond acceptors (Lipinski definition) is 6. The largest absolute Gasteiger partial charge is 0.507 e. The number of rotatable bonds is 4. The van der Waals surface area contributed by atoms with Gasteiger partial charge < -0.3 is 14.6 Å². The monoisotopic (exact) mass is 451 g/mol. The maximum absolute atomic E-state index is 14.9. The normalized spacial score (nSPS) is 20.9. The number of benzene rings is 1. The molecule has 3 aromatic rings. The summed E-state index contributed by atoms with van der Waals surface area (Å²) < 4.78 is 16.2. The van der Waals surface area contributed by atoms with E-state index < -0.39 is 5.82 Å². The van der Waals surface area contributed by atoms with Crippen LogP contribution in [-0.2, 0) is 7.05 Å². The smallest absolute Gasteiger partial charge is 0.253 e. The molecule has 174 valence electrons. The van der Waals surface area contributed by atoms with E-state index in [4.69, 9.17) is 0 Å². The SMILES string of the molecule is C[C@@H]1CC[C@H](C)CC(N(C)c2ccc(-c3cc(F)c(-c4cc(=O)n(C)cn4)cc3O)nn2)C1. The van der Waals surface area contributed by atoms with Crippen molar-refractivity contribution in [3.8, 4) is 28.3 Å². The second kappa shape index (κ2) is 9.29. The maximum Gasteiger partial charge on any atom is 0.253 e. The quantitative estimate of drug-likeness (QED) is 0.592. The molecule has 0 amide bonds. The number of aryl methyl sites for hydroxylation is 1. The number of aromatic hydroxyl groups is 1. The second-order valence-electron chi connectivity index (χ2n) is 9.37. The highest BCUT2D eigenvalue weighted by Gasteiger charge is 2.25. The summed E-state index contributed by atoms with van der Waals surface area (Å²) >= 11 is 0. The highest BCUT2D eigenvalue weighted by Crippen LogP contribution is 2.35. The van der Waals surface area contributed by atoms with Crippen LogP contribution < -0.4 is 10.5 Å². The first kappa shape index (κ1) is 22.9. The summed E-state index contributed by atoms with van der Waals surface area (Å²) in [6, 6.07) is 7.70. The minimum Gasteiger partial charge on any atom is -0.507 e. The van der Waals surface area contributed by atoms with Gasteiger partial charge in [0.1, 0.15) is 11.6 Å². The zero-order valence-electron chi connectivity index (χ0n) is 19.5. The van der Waals surface area contributed by atoms with Crippen LogP contribution in [0.5, 0.6) is 5.75 Å². The van der Waals surface area contributed by atoms with E-state index in [9.17, 15) is 14.3 Å². The number of phenols is 1. The summed E-state index contributed by atoms with van der Waals surface area (Å²) in [5, 5.41) is 19.2. The van der Waals surface area contributed by atoms with Crippen molar-refractivity contribution < 1.29 is 9.50 Å². The fourth-order valence-corrected chi connectivity index (χ4v) is 4.56. The van der Waals surface area contributed by atoms with E-state index in [1.54, 1.807) is 13.1 Å². The van der Waals surface area contributed by atoms with Crippen LogP contribution in [0.3, 0.4) is 0 Å². The minimum absolute atomic E-state index is 0.0508. The Morgan fingerprint density at radius 3 is 2.33 bits per heavy atom. The van der Waals surface area contributed by atoms with Gasteiger partial charge in [-0.1, -0.05) is 26.7 Å². The molecule has 4 rings (SSSR count). The molecule has 1 fully saturated rings. The average molecular weight is 452 g/mol. The molecular weight excluding hydrogens is 421 g/mol. The molecule has 7 nitrogen and oxygen atoms in total. The van der Waals surface area contributed by atoms with Gasteiger partial charge >= 0.3 is 0 Å². The van der Waals surface area contributed by atoms with Crippen LogP contribution in [0.1, 0.15) is 39.5 Å². The standard InChI is InChI=1S/C25H30FN5O2/c1-15-5-6-16(2)10-17(9-15)31(4)24-8-7-21(28-29-24)19-11-20(26)18(12-23(19)32)22-13-25(33)30(3)14-27-22/h7-8,11-17,32H,5-6,9-10H2,1-4H3/t15-,16+,17?. The predicted octanol–water partition coefficient (Wildman–Crippen LogP) is 4.40. The third kappa shape index (κ3) is 4.89. The molecule has 2 aromatic heterocycles. The molecule has 1 aliphatic carbocycles. The van der Waals surface area contributed by atoms with Crippen molar-refractivity contribution in [1.29, 1.82) is 0 Å². The molecule has 0 radical (unpaired) electrons.